The van der Waals surface area contributed by atoms with Crippen LogP contribution in [0, 0.1) is 5.92 Å². The molecule has 186 valence electrons. The SMILES string of the molecule is C=C1OC(C)=C(COC(=O)SC(C)(C)[C@@H](NC(=O)OCOC(=O)C(C)C)C(=O)OC(C)C)O1. The lowest BCUT2D eigenvalue weighted by Gasteiger charge is -2.31. The number of carbonyl (C=O) groups is 4. The summed E-state index contributed by atoms with van der Waals surface area (Å²) in [5, 5.41) is 1.63. The number of thioether (sulfide) groups is 1. The van der Waals surface area contributed by atoms with Gasteiger partial charge < -0.3 is 33.7 Å². The van der Waals surface area contributed by atoms with Crippen molar-refractivity contribution in [3.63, 3.8) is 0 Å². The minimum Gasteiger partial charge on any atom is -0.461 e. The highest BCUT2D eigenvalue weighted by Gasteiger charge is 2.41. The van der Waals surface area contributed by atoms with Crippen molar-refractivity contribution in [2.45, 2.75) is 65.4 Å². The number of hydrogen-bond donors (Lipinski definition) is 1. The van der Waals surface area contributed by atoms with E-state index in [2.05, 4.69) is 11.9 Å². The number of amides is 1. The van der Waals surface area contributed by atoms with Crippen molar-refractivity contribution in [2.24, 2.45) is 5.92 Å². The summed E-state index contributed by atoms with van der Waals surface area (Å²) in [4.78, 5) is 48.7. The predicted molar refractivity (Wildman–Crippen MR) is 117 cm³/mol. The van der Waals surface area contributed by atoms with E-state index in [1.807, 2.05) is 0 Å². The Labute approximate surface area is 197 Å². The molecule has 0 aromatic carbocycles. The minimum atomic E-state index is -1.29. The highest BCUT2D eigenvalue weighted by Crippen LogP contribution is 2.32. The Morgan fingerprint density at radius 3 is 2.18 bits per heavy atom. The molecule has 0 saturated heterocycles. The molecule has 0 aromatic rings. The van der Waals surface area contributed by atoms with Gasteiger partial charge >= 0.3 is 23.3 Å². The van der Waals surface area contributed by atoms with E-state index in [-0.39, 0.29) is 12.6 Å². The van der Waals surface area contributed by atoms with Crippen LogP contribution in [0.15, 0.2) is 24.0 Å². The van der Waals surface area contributed by atoms with E-state index in [4.69, 9.17) is 28.4 Å². The molecule has 0 saturated carbocycles. The fourth-order valence-corrected chi connectivity index (χ4v) is 3.12. The zero-order valence-electron chi connectivity index (χ0n) is 19.8. The van der Waals surface area contributed by atoms with Crippen molar-refractivity contribution < 1.29 is 47.6 Å². The number of alkyl carbamates (subject to hydrolysis) is 1. The highest BCUT2D eigenvalue weighted by atomic mass is 32.2. The third kappa shape index (κ3) is 9.64. The molecule has 0 aliphatic carbocycles. The minimum absolute atomic E-state index is 0.0739. The quantitative estimate of drug-likeness (QED) is 0.274. The third-order valence-electron chi connectivity index (χ3n) is 3.97. The molecule has 1 N–H and O–H groups in total. The lowest BCUT2D eigenvalue weighted by Crippen LogP contribution is -2.54. The van der Waals surface area contributed by atoms with Crippen LogP contribution in [-0.2, 0) is 38.0 Å². The Hall–Kier alpha value is -2.89. The number of ether oxygens (including phenoxy) is 6. The highest BCUT2D eigenvalue weighted by molar-refractivity contribution is 8.14. The van der Waals surface area contributed by atoms with Gasteiger partial charge in [0.05, 0.1) is 16.8 Å². The summed E-state index contributed by atoms with van der Waals surface area (Å²) in [6.45, 7) is 13.9. The molecular weight excluding hydrogens is 458 g/mol. The molecule has 11 nitrogen and oxygen atoms in total. The number of rotatable bonds is 10. The Balaban J connectivity index is 2.77. The average Bonchev–Trinajstić information content (AvgIpc) is 3.00. The smallest absolute Gasteiger partial charge is 0.410 e. The second kappa shape index (κ2) is 12.4. The Morgan fingerprint density at radius 2 is 1.67 bits per heavy atom. The number of carbonyl (C=O) groups excluding carboxylic acids is 4. The van der Waals surface area contributed by atoms with Gasteiger partial charge in [0.25, 0.3) is 5.95 Å². The maximum Gasteiger partial charge on any atom is 0.410 e. The maximum absolute atomic E-state index is 12.6. The van der Waals surface area contributed by atoms with Crippen molar-refractivity contribution in [3.8, 4) is 0 Å². The van der Waals surface area contributed by atoms with Crippen LogP contribution in [0.4, 0.5) is 9.59 Å². The number of allylic oxidation sites excluding steroid dienone is 1. The van der Waals surface area contributed by atoms with Gasteiger partial charge in [0.1, 0.15) is 11.8 Å². The summed E-state index contributed by atoms with van der Waals surface area (Å²) < 4.78 is 29.1. The fourth-order valence-electron chi connectivity index (χ4n) is 2.30. The molecule has 1 aliphatic rings. The van der Waals surface area contributed by atoms with Crippen LogP contribution in [0.25, 0.3) is 0 Å². The van der Waals surface area contributed by atoms with E-state index in [1.54, 1.807) is 48.5 Å². The van der Waals surface area contributed by atoms with Gasteiger partial charge in [-0.15, -0.1) is 0 Å². The maximum atomic E-state index is 12.6. The zero-order chi connectivity index (χ0) is 25.3. The van der Waals surface area contributed by atoms with Crippen molar-refractivity contribution in [1.82, 2.24) is 5.32 Å². The summed E-state index contributed by atoms with van der Waals surface area (Å²) in [6, 6.07) is -1.29. The Kier molecular flexibility index (Phi) is 10.6. The monoisotopic (exact) mass is 489 g/mol. The first-order valence-electron chi connectivity index (χ1n) is 10.1. The van der Waals surface area contributed by atoms with E-state index in [0.29, 0.717) is 23.3 Å². The lowest BCUT2D eigenvalue weighted by molar-refractivity contribution is -0.156. The zero-order valence-corrected chi connectivity index (χ0v) is 20.7. The molecule has 33 heavy (non-hydrogen) atoms. The van der Waals surface area contributed by atoms with E-state index < -0.39 is 52.9 Å². The molecule has 0 spiro atoms. The van der Waals surface area contributed by atoms with Gasteiger partial charge in [-0.25, -0.2) is 14.4 Å². The molecule has 1 amide bonds. The van der Waals surface area contributed by atoms with E-state index in [0.717, 1.165) is 0 Å². The van der Waals surface area contributed by atoms with Crippen LogP contribution in [0.2, 0.25) is 0 Å². The molecule has 0 fully saturated rings. The van der Waals surface area contributed by atoms with Crippen LogP contribution in [0.1, 0.15) is 48.5 Å². The van der Waals surface area contributed by atoms with Crippen LogP contribution in [0.3, 0.4) is 0 Å². The first kappa shape index (κ1) is 28.1. The molecule has 0 radical (unpaired) electrons. The second-order valence-corrected chi connectivity index (χ2v) is 9.62. The van der Waals surface area contributed by atoms with Gasteiger partial charge in [-0.3, -0.25) is 4.79 Å². The predicted octanol–water partition coefficient (Wildman–Crippen LogP) is 3.59. The van der Waals surface area contributed by atoms with E-state index in [9.17, 15) is 19.2 Å². The van der Waals surface area contributed by atoms with Gasteiger partial charge in [0.2, 0.25) is 6.79 Å². The van der Waals surface area contributed by atoms with Gasteiger partial charge in [-0.1, -0.05) is 13.8 Å². The van der Waals surface area contributed by atoms with Crippen LogP contribution >= 0.6 is 11.8 Å². The Morgan fingerprint density at radius 1 is 1.03 bits per heavy atom. The first-order chi connectivity index (χ1) is 15.2. The normalized spacial score (nSPS) is 14.4. The van der Waals surface area contributed by atoms with Gasteiger partial charge in [-0.05, 0) is 53.0 Å². The van der Waals surface area contributed by atoms with Gasteiger partial charge in [-0.2, -0.15) is 0 Å². The number of hydrogen-bond acceptors (Lipinski definition) is 11. The summed E-state index contributed by atoms with van der Waals surface area (Å²) in [5.74, 6) is -0.954. The average molecular weight is 490 g/mol. The molecule has 0 aromatic heterocycles. The standard InChI is InChI=1S/C21H31NO10S/c1-11(2)17(23)28-10-29-19(25)22-16(18(24)30-12(3)4)21(7,8)33-20(26)27-9-15-13(5)31-14(6)32-15/h11-12,16H,6,9-10H2,1-5,7-8H3,(H,22,25)/t16-/m0/s1. The van der Waals surface area contributed by atoms with E-state index in [1.165, 1.54) is 0 Å². The Bertz CT molecular complexity index is 803. The van der Waals surface area contributed by atoms with Crippen molar-refractivity contribution in [1.29, 1.82) is 0 Å². The number of esters is 2. The van der Waals surface area contributed by atoms with Crippen molar-refractivity contribution >= 4 is 35.1 Å². The van der Waals surface area contributed by atoms with Crippen LogP contribution in [-0.4, -0.2) is 53.6 Å². The third-order valence-corrected chi connectivity index (χ3v) is 5.02. The summed E-state index contributed by atoms with van der Waals surface area (Å²) in [5.41, 5.74) is 0. The summed E-state index contributed by atoms with van der Waals surface area (Å²) in [7, 11) is 0. The molecular formula is C21H31NO10S. The molecule has 1 atom stereocenters. The fraction of sp³-hybridized carbons (Fsp3) is 0.619. The van der Waals surface area contributed by atoms with Crippen molar-refractivity contribution in [3.05, 3.63) is 24.0 Å². The molecule has 12 heteroatoms. The molecule has 0 unspecified atom stereocenters. The lowest BCUT2D eigenvalue weighted by atomic mass is 10.0. The molecule has 1 aliphatic heterocycles. The second-order valence-electron chi connectivity index (χ2n) is 8.03. The van der Waals surface area contributed by atoms with Crippen molar-refractivity contribution in [2.75, 3.05) is 13.4 Å². The van der Waals surface area contributed by atoms with Crippen LogP contribution in [0.5, 0.6) is 0 Å². The molecule has 1 rings (SSSR count). The first-order valence-corrected chi connectivity index (χ1v) is 10.9. The van der Waals surface area contributed by atoms with Crippen LogP contribution < -0.4 is 5.32 Å². The molecule has 0 bridgehead atoms. The largest absolute Gasteiger partial charge is 0.461 e. The number of nitrogens with one attached hydrogen (secondary N) is 1. The van der Waals surface area contributed by atoms with Gasteiger partial charge in [0, 0.05) is 0 Å². The molecule has 1 heterocycles. The topological polar surface area (TPSA) is 136 Å². The summed E-state index contributed by atoms with van der Waals surface area (Å²) in [6.07, 6.45) is -1.50. The summed E-state index contributed by atoms with van der Waals surface area (Å²) >= 11 is 0.666. The van der Waals surface area contributed by atoms with E-state index >= 15 is 0 Å². The van der Waals surface area contributed by atoms with Gasteiger partial charge in [0.15, 0.2) is 12.4 Å².